The Bertz CT molecular complexity index is 654. The molecule has 4 heterocycles. The fourth-order valence-electron chi connectivity index (χ4n) is 3.61. The number of rotatable bonds is 2. The van der Waals surface area contributed by atoms with Crippen LogP contribution in [0.15, 0.2) is 29.0 Å². The first-order chi connectivity index (χ1) is 10.3. The minimum absolute atomic E-state index is 0.714. The number of nitrogens with zero attached hydrogens (tertiary/aromatic N) is 4. The van der Waals surface area contributed by atoms with Crippen LogP contribution < -0.4 is 4.90 Å². The fraction of sp³-hybridized carbons (Fsp3) is 0.500. The maximum Gasteiger partial charge on any atom is 0.112 e. The summed E-state index contributed by atoms with van der Waals surface area (Å²) >= 11 is 3.47. The van der Waals surface area contributed by atoms with Crippen molar-refractivity contribution in [1.82, 2.24) is 14.9 Å². The molecule has 2 aliphatic heterocycles. The average molecular weight is 347 g/mol. The van der Waals surface area contributed by atoms with E-state index in [2.05, 4.69) is 41.8 Å². The summed E-state index contributed by atoms with van der Waals surface area (Å²) in [7, 11) is 0. The van der Waals surface area contributed by atoms with Crippen LogP contribution in [-0.4, -0.2) is 47.1 Å². The van der Waals surface area contributed by atoms with E-state index < -0.39 is 0 Å². The lowest BCUT2D eigenvalue weighted by molar-refractivity contribution is 0.260. The number of fused-ring (bicyclic) bond motifs is 1. The SMILES string of the molecule is Brc1cnc2c(N3CCC(N4CCCC4)C3)ccnc2c1. The van der Waals surface area contributed by atoms with Gasteiger partial charge in [0.05, 0.1) is 11.2 Å². The van der Waals surface area contributed by atoms with E-state index in [9.17, 15) is 0 Å². The molecule has 2 saturated heterocycles. The molecule has 5 heteroatoms. The highest BCUT2D eigenvalue weighted by atomic mass is 79.9. The second-order valence-corrected chi connectivity index (χ2v) is 6.90. The van der Waals surface area contributed by atoms with Crippen molar-refractivity contribution in [2.75, 3.05) is 31.1 Å². The smallest absolute Gasteiger partial charge is 0.112 e. The molecule has 2 aromatic rings. The Morgan fingerprint density at radius 1 is 1.14 bits per heavy atom. The predicted molar refractivity (Wildman–Crippen MR) is 88.7 cm³/mol. The van der Waals surface area contributed by atoms with Crippen molar-refractivity contribution in [3.63, 3.8) is 0 Å². The number of likely N-dealkylation sites (tertiary alicyclic amines) is 1. The van der Waals surface area contributed by atoms with Crippen LogP contribution in [0.2, 0.25) is 0 Å². The molecule has 0 N–H and O–H groups in total. The normalized spacial score (nSPS) is 23.3. The van der Waals surface area contributed by atoms with Gasteiger partial charge in [0.2, 0.25) is 0 Å². The number of hydrogen-bond donors (Lipinski definition) is 0. The maximum absolute atomic E-state index is 4.58. The first-order valence-corrected chi connectivity index (χ1v) is 8.50. The third-order valence-electron chi connectivity index (χ3n) is 4.68. The first-order valence-electron chi connectivity index (χ1n) is 7.70. The lowest BCUT2D eigenvalue weighted by atomic mass is 10.2. The van der Waals surface area contributed by atoms with Crippen molar-refractivity contribution in [2.24, 2.45) is 0 Å². The molecule has 21 heavy (non-hydrogen) atoms. The Labute approximate surface area is 133 Å². The second-order valence-electron chi connectivity index (χ2n) is 5.98. The number of halogens is 1. The summed E-state index contributed by atoms with van der Waals surface area (Å²) in [6, 6.07) is 4.86. The van der Waals surface area contributed by atoms with Crippen LogP contribution in [-0.2, 0) is 0 Å². The van der Waals surface area contributed by atoms with Gasteiger partial charge in [0.1, 0.15) is 5.52 Å². The van der Waals surface area contributed by atoms with E-state index in [-0.39, 0.29) is 0 Å². The van der Waals surface area contributed by atoms with E-state index in [0.29, 0.717) is 6.04 Å². The number of hydrogen-bond acceptors (Lipinski definition) is 4. The van der Waals surface area contributed by atoms with Crippen LogP contribution in [0.25, 0.3) is 11.0 Å². The molecule has 110 valence electrons. The predicted octanol–water partition coefficient (Wildman–Crippen LogP) is 3.07. The van der Waals surface area contributed by atoms with E-state index >= 15 is 0 Å². The molecule has 1 atom stereocenters. The molecule has 0 radical (unpaired) electrons. The Hall–Kier alpha value is -1.20. The molecular formula is C16H19BrN4. The van der Waals surface area contributed by atoms with Crippen LogP contribution in [0.1, 0.15) is 19.3 Å². The molecule has 0 saturated carbocycles. The van der Waals surface area contributed by atoms with Gasteiger partial charge in [0.25, 0.3) is 0 Å². The van der Waals surface area contributed by atoms with E-state index in [1.165, 1.54) is 38.0 Å². The molecule has 4 nitrogen and oxygen atoms in total. The lowest BCUT2D eigenvalue weighted by Gasteiger charge is -2.24. The molecular weight excluding hydrogens is 328 g/mol. The van der Waals surface area contributed by atoms with Crippen LogP contribution >= 0.6 is 15.9 Å². The number of anilines is 1. The van der Waals surface area contributed by atoms with Crippen LogP contribution in [0, 0.1) is 0 Å². The third kappa shape index (κ3) is 2.53. The van der Waals surface area contributed by atoms with Gasteiger partial charge in [-0.05, 0) is 60.4 Å². The Kier molecular flexibility index (Phi) is 3.55. The van der Waals surface area contributed by atoms with Crippen molar-refractivity contribution < 1.29 is 0 Å². The van der Waals surface area contributed by atoms with Crippen molar-refractivity contribution in [3.05, 3.63) is 29.0 Å². The number of aromatic nitrogens is 2. The summed E-state index contributed by atoms with van der Waals surface area (Å²) in [6.45, 7) is 4.80. The van der Waals surface area contributed by atoms with Crippen molar-refractivity contribution >= 4 is 32.7 Å². The first kappa shape index (κ1) is 13.5. The van der Waals surface area contributed by atoms with Crippen molar-refractivity contribution in [2.45, 2.75) is 25.3 Å². The van der Waals surface area contributed by atoms with Crippen molar-refractivity contribution in [3.8, 4) is 0 Å². The maximum atomic E-state index is 4.58. The Balaban J connectivity index is 1.62. The standard InChI is InChI=1S/C16H19BrN4/c17-12-9-14-16(19-10-12)15(3-5-18-14)21-8-4-13(11-21)20-6-1-2-7-20/h3,5,9-10,13H,1-2,4,6-8,11H2. The van der Waals surface area contributed by atoms with Gasteiger partial charge in [-0.1, -0.05) is 0 Å². The zero-order valence-corrected chi connectivity index (χ0v) is 13.6. The zero-order valence-electron chi connectivity index (χ0n) is 12.0. The summed E-state index contributed by atoms with van der Waals surface area (Å²) < 4.78 is 0.982. The van der Waals surface area contributed by atoms with E-state index in [0.717, 1.165) is 28.6 Å². The quantitative estimate of drug-likeness (QED) is 0.836. The van der Waals surface area contributed by atoms with Gasteiger partial charge >= 0.3 is 0 Å². The van der Waals surface area contributed by atoms with Gasteiger partial charge in [-0.2, -0.15) is 0 Å². The van der Waals surface area contributed by atoms with E-state index in [4.69, 9.17) is 0 Å². The summed E-state index contributed by atoms with van der Waals surface area (Å²) in [5, 5.41) is 0. The van der Waals surface area contributed by atoms with Gasteiger partial charge in [-0.25, -0.2) is 0 Å². The second kappa shape index (κ2) is 5.54. The Morgan fingerprint density at radius 2 is 2.00 bits per heavy atom. The van der Waals surface area contributed by atoms with E-state index in [1.54, 1.807) is 0 Å². The highest BCUT2D eigenvalue weighted by Gasteiger charge is 2.30. The Morgan fingerprint density at radius 3 is 2.86 bits per heavy atom. The minimum atomic E-state index is 0.714. The average Bonchev–Trinajstić information content (AvgIpc) is 3.17. The van der Waals surface area contributed by atoms with Gasteiger partial charge < -0.3 is 4.90 Å². The summed E-state index contributed by atoms with van der Waals surface area (Å²) in [6.07, 6.45) is 7.76. The zero-order chi connectivity index (χ0) is 14.2. The van der Waals surface area contributed by atoms with Crippen LogP contribution in [0.4, 0.5) is 5.69 Å². The third-order valence-corrected chi connectivity index (χ3v) is 5.12. The summed E-state index contributed by atoms with van der Waals surface area (Å²) in [5.41, 5.74) is 3.21. The molecule has 0 amide bonds. The van der Waals surface area contributed by atoms with Gasteiger partial charge in [-0.3, -0.25) is 14.9 Å². The lowest BCUT2D eigenvalue weighted by Crippen LogP contribution is -2.35. The molecule has 0 bridgehead atoms. The van der Waals surface area contributed by atoms with Gasteiger partial charge in [0.15, 0.2) is 0 Å². The minimum Gasteiger partial charge on any atom is -0.368 e. The molecule has 0 spiro atoms. The van der Waals surface area contributed by atoms with Gasteiger partial charge in [0, 0.05) is 36.0 Å². The van der Waals surface area contributed by atoms with Crippen LogP contribution in [0.5, 0.6) is 0 Å². The molecule has 0 aliphatic carbocycles. The molecule has 1 unspecified atom stereocenters. The van der Waals surface area contributed by atoms with E-state index in [1.807, 2.05) is 18.5 Å². The molecule has 2 aliphatic rings. The summed E-state index contributed by atoms with van der Waals surface area (Å²) in [5.74, 6) is 0. The topological polar surface area (TPSA) is 32.3 Å². The monoisotopic (exact) mass is 346 g/mol. The molecule has 4 rings (SSSR count). The number of pyridine rings is 2. The highest BCUT2D eigenvalue weighted by Crippen LogP contribution is 2.30. The molecule has 0 aromatic carbocycles. The van der Waals surface area contributed by atoms with Crippen LogP contribution in [0.3, 0.4) is 0 Å². The summed E-state index contributed by atoms with van der Waals surface area (Å²) in [4.78, 5) is 14.2. The fourth-order valence-corrected chi connectivity index (χ4v) is 3.93. The largest absolute Gasteiger partial charge is 0.368 e. The van der Waals surface area contributed by atoms with Crippen molar-refractivity contribution in [1.29, 1.82) is 0 Å². The molecule has 2 aromatic heterocycles. The molecule has 2 fully saturated rings. The van der Waals surface area contributed by atoms with Gasteiger partial charge in [-0.15, -0.1) is 0 Å². The highest BCUT2D eigenvalue weighted by molar-refractivity contribution is 9.10.